The number of aromatic hydroxyl groups is 1. The van der Waals surface area contributed by atoms with Crippen LogP contribution in [0.1, 0.15) is 12.0 Å². The maximum absolute atomic E-state index is 12.7. The van der Waals surface area contributed by atoms with Crippen molar-refractivity contribution in [2.75, 3.05) is 23.9 Å². The third-order valence-electron chi connectivity index (χ3n) is 4.16. The second-order valence-corrected chi connectivity index (χ2v) is 7.68. The van der Waals surface area contributed by atoms with Crippen molar-refractivity contribution in [3.63, 3.8) is 0 Å². The van der Waals surface area contributed by atoms with Gasteiger partial charge in [0.05, 0.1) is 18.3 Å². The van der Waals surface area contributed by atoms with Crippen molar-refractivity contribution in [2.45, 2.75) is 11.7 Å². The minimum absolute atomic E-state index is 0.0628. The molecular weight excluding hydrogens is 392 g/mol. The molecule has 2 aromatic rings. The van der Waals surface area contributed by atoms with E-state index in [9.17, 15) is 14.7 Å². The highest BCUT2D eigenvalue weighted by Gasteiger charge is 2.40. The summed E-state index contributed by atoms with van der Waals surface area (Å²) in [5.74, 6) is -1.38. The molecular formula is C20H20N4O4S. The van der Waals surface area contributed by atoms with E-state index < -0.39 is 11.2 Å². The van der Waals surface area contributed by atoms with Crippen molar-refractivity contribution in [1.82, 2.24) is 0 Å². The van der Waals surface area contributed by atoms with Crippen molar-refractivity contribution >= 4 is 46.4 Å². The summed E-state index contributed by atoms with van der Waals surface area (Å²) in [5.41, 5.74) is 2.38. The Morgan fingerprint density at radius 2 is 1.83 bits per heavy atom. The number of amides is 1. The van der Waals surface area contributed by atoms with Gasteiger partial charge in [-0.1, -0.05) is 23.9 Å². The number of hydrogen-bond acceptors (Lipinski definition) is 7. The van der Waals surface area contributed by atoms with Crippen LogP contribution in [0.15, 0.2) is 58.7 Å². The van der Waals surface area contributed by atoms with Gasteiger partial charge in [0.15, 0.2) is 5.17 Å². The molecule has 9 heteroatoms. The van der Waals surface area contributed by atoms with Gasteiger partial charge >= 0.3 is 5.97 Å². The highest BCUT2D eigenvalue weighted by molar-refractivity contribution is 8.16. The molecule has 1 atom stereocenters. The minimum Gasteiger partial charge on any atom is -0.508 e. The van der Waals surface area contributed by atoms with Crippen molar-refractivity contribution < 1.29 is 19.8 Å². The molecule has 0 aromatic heterocycles. The molecule has 1 aliphatic heterocycles. The van der Waals surface area contributed by atoms with Crippen molar-refractivity contribution in [2.24, 2.45) is 10.2 Å². The summed E-state index contributed by atoms with van der Waals surface area (Å²) < 4.78 is 0. The zero-order valence-electron chi connectivity index (χ0n) is 15.9. The van der Waals surface area contributed by atoms with E-state index in [1.165, 1.54) is 17.0 Å². The number of carbonyl (C=O) groups excluding carboxylic acids is 1. The molecule has 150 valence electrons. The molecule has 0 aliphatic carbocycles. The lowest BCUT2D eigenvalue weighted by molar-refractivity contribution is -0.138. The van der Waals surface area contributed by atoms with Crippen LogP contribution in [0.2, 0.25) is 0 Å². The van der Waals surface area contributed by atoms with Gasteiger partial charge in [0.1, 0.15) is 11.0 Å². The second-order valence-electron chi connectivity index (χ2n) is 6.51. The van der Waals surface area contributed by atoms with Crippen LogP contribution in [-0.4, -0.2) is 52.8 Å². The molecule has 0 radical (unpaired) electrons. The third-order valence-corrected chi connectivity index (χ3v) is 5.29. The molecule has 2 aromatic carbocycles. The van der Waals surface area contributed by atoms with Crippen molar-refractivity contribution in [1.29, 1.82) is 0 Å². The average Bonchev–Trinajstić information content (AvgIpc) is 2.98. The number of carboxylic acid groups (broad SMARTS) is 1. The lowest BCUT2D eigenvalue weighted by Gasteiger charge is -2.15. The number of rotatable bonds is 6. The molecule has 0 saturated carbocycles. The molecule has 1 unspecified atom stereocenters. The molecule has 1 heterocycles. The van der Waals surface area contributed by atoms with Crippen LogP contribution >= 0.6 is 11.8 Å². The van der Waals surface area contributed by atoms with E-state index >= 15 is 0 Å². The van der Waals surface area contributed by atoms with E-state index in [0.29, 0.717) is 5.69 Å². The number of carboxylic acids is 1. The van der Waals surface area contributed by atoms with Crippen LogP contribution < -0.4 is 9.80 Å². The summed E-state index contributed by atoms with van der Waals surface area (Å²) >= 11 is 1.06. The topological polar surface area (TPSA) is 106 Å². The maximum atomic E-state index is 12.7. The molecule has 29 heavy (non-hydrogen) atoms. The number of phenols is 1. The molecule has 0 spiro atoms. The Kier molecular flexibility index (Phi) is 6.18. The van der Waals surface area contributed by atoms with E-state index in [2.05, 4.69) is 10.2 Å². The summed E-state index contributed by atoms with van der Waals surface area (Å²) in [4.78, 5) is 27.1. The van der Waals surface area contributed by atoms with Crippen LogP contribution in [-0.2, 0) is 9.59 Å². The van der Waals surface area contributed by atoms with Gasteiger partial charge < -0.3 is 15.1 Å². The van der Waals surface area contributed by atoms with Gasteiger partial charge in [-0.3, -0.25) is 14.5 Å². The SMILES string of the molecule is CN(C)c1ccc(/C=N/N=C2\SC(CC(=O)O)C(=O)N2c2ccc(O)cc2)cc1. The third kappa shape index (κ3) is 4.94. The van der Waals surface area contributed by atoms with Gasteiger partial charge in [-0.25, -0.2) is 0 Å². The fourth-order valence-corrected chi connectivity index (χ4v) is 3.75. The predicted octanol–water partition coefficient (Wildman–Crippen LogP) is 2.77. The van der Waals surface area contributed by atoms with Crippen LogP contribution in [0.4, 0.5) is 11.4 Å². The first kappa shape index (κ1) is 20.4. The van der Waals surface area contributed by atoms with Crippen molar-refractivity contribution in [3.8, 4) is 5.75 Å². The van der Waals surface area contributed by atoms with Gasteiger partial charge in [0.2, 0.25) is 5.91 Å². The highest BCUT2D eigenvalue weighted by atomic mass is 32.2. The van der Waals surface area contributed by atoms with E-state index in [0.717, 1.165) is 23.0 Å². The molecule has 8 nitrogen and oxygen atoms in total. The van der Waals surface area contributed by atoms with Crippen LogP contribution in [0.25, 0.3) is 0 Å². The number of anilines is 2. The summed E-state index contributed by atoms with van der Waals surface area (Å²) in [7, 11) is 3.91. The number of phenolic OH excluding ortho intramolecular Hbond substituents is 1. The quantitative estimate of drug-likeness (QED) is 0.558. The molecule has 1 fully saturated rings. The van der Waals surface area contributed by atoms with E-state index in [-0.39, 0.29) is 23.2 Å². The van der Waals surface area contributed by atoms with Gasteiger partial charge in [-0.15, -0.1) is 5.10 Å². The Labute approximate surface area is 172 Å². The van der Waals surface area contributed by atoms with Crippen LogP contribution in [0.3, 0.4) is 0 Å². The summed E-state index contributed by atoms with van der Waals surface area (Å²) in [6.45, 7) is 0. The molecule has 1 aliphatic rings. The summed E-state index contributed by atoms with van der Waals surface area (Å²) in [6.07, 6.45) is 1.25. The Hall–Kier alpha value is -3.33. The zero-order chi connectivity index (χ0) is 21.0. The fraction of sp³-hybridized carbons (Fsp3) is 0.200. The van der Waals surface area contributed by atoms with Gasteiger partial charge in [0.25, 0.3) is 0 Å². The van der Waals surface area contributed by atoms with E-state index in [1.807, 2.05) is 43.3 Å². The molecule has 3 rings (SSSR count). The first-order chi connectivity index (χ1) is 13.8. The zero-order valence-corrected chi connectivity index (χ0v) is 16.7. The summed E-state index contributed by atoms with van der Waals surface area (Å²) in [5, 5.41) is 26.3. The van der Waals surface area contributed by atoms with Crippen LogP contribution in [0, 0.1) is 0 Å². The second kappa shape index (κ2) is 8.78. The smallest absolute Gasteiger partial charge is 0.305 e. The lowest BCUT2D eigenvalue weighted by atomic mass is 10.2. The average molecular weight is 412 g/mol. The number of benzene rings is 2. The molecule has 0 bridgehead atoms. The normalized spacial score (nSPS) is 18.0. The number of carbonyl (C=O) groups is 2. The Balaban J connectivity index is 1.85. The number of thioether (sulfide) groups is 1. The molecule has 1 amide bonds. The minimum atomic E-state index is -1.06. The Bertz CT molecular complexity index is 955. The largest absolute Gasteiger partial charge is 0.508 e. The number of nitrogens with zero attached hydrogens (tertiary/aromatic N) is 4. The number of aliphatic carboxylic acids is 1. The van der Waals surface area contributed by atoms with Crippen LogP contribution in [0.5, 0.6) is 5.75 Å². The fourth-order valence-electron chi connectivity index (χ4n) is 2.67. The Morgan fingerprint density at radius 1 is 1.17 bits per heavy atom. The Morgan fingerprint density at radius 3 is 2.41 bits per heavy atom. The van der Waals surface area contributed by atoms with Gasteiger partial charge in [0, 0.05) is 19.8 Å². The first-order valence-electron chi connectivity index (χ1n) is 8.75. The maximum Gasteiger partial charge on any atom is 0.305 e. The van der Waals surface area contributed by atoms with E-state index in [1.54, 1.807) is 18.3 Å². The summed E-state index contributed by atoms with van der Waals surface area (Å²) in [6, 6.07) is 13.7. The van der Waals surface area contributed by atoms with Gasteiger partial charge in [-0.05, 0) is 42.0 Å². The lowest BCUT2D eigenvalue weighted by Crippen LogP contribution is -2.32. The van der Waals surface area contributed by atoms with E-state index in [4.69, 9.17) is 5.11 Å². The monoisotopic (exact) mass is 412 g/mol. The first-order valence-corrected chi connectivity index (χ1v) is 9.63. The number of hydrogen-bond donors (Lipinski definition) is 2. The highest BCUT2D eigenvalue weighted by Crippen LogP contribution is 2.34. The van der Waals surface area contributed by atoms with Gasteiger partial charge in [-0.2, -0.15) is 5.10 Å². The number of amidine groups is 1. The predicted molar refractivity (Wildman–Crippen MR) is 115 cm³/mol. The van der Waals surface area contributed by atoms with Crippen molar-refractivity contribution in [3.05, 3.63) is 54.1 Å². The molecule has 2 N–H and O–H groups in total. The standard InChI is InChI=1S/C20H20N4O4S/c1-23(2)14-5-3-13(4-6-14)12-21-22-20-24(15-7-9-16(25)10-8-15)19(28)17(29-20)11-18(26)27/h3-10,12,17,25H,11H2,1-2H3,(H,26,27)/b21-12+,22-20-. The molecule has 1 saturated heterocycles.